The molecule has 0 spiro atoms. The van der Waals surface area contributed by atoms with Crippen molar-refractivity contribution in [3.05, 3.63) is 41.4 Å². The maximum Gasteiger partial charge on any atom is 0.253 e. The SMILES string of the molecule is C=CCC1C(=O)N=c2cc(O)ccc2=C1C. The van der Waals surface area contributed by atoms with E-state index in [1.165, 1.54) is 6.07 Å². The number of carbonyl (C=O) groups is 1. The Morgan fingerprint density at radius 2 is 2.31 bits per heavy atom. The lowest BCUT2D eigenvalue weighted by Gasteiger charge is -2.15. The number of nitrogens with zero attached hydrogens (tertiary/aromatic N) is 1. The van der Waals surface area contributed by atoms with Crippen LogP contribution in [0.15, 0.2) is 35.8 Å². The van der Waals surface area contributed by atoms with Crippen molar-refractivity contribution in [1.82, 2.24) is 0 Å². The van der Waals surface area contributed by atoms with Crippen molar-refractivity contribution < 1.29 is 9.90 Å². The standard InChI is InChI=1S/C13H13NO2/c1-3-4-11-8(2)10-6-5-9(15)7-12(10)14-13(11)16/h3,5-7,11,15H,1,4H2,2H3. The number of allylic oxidation sites excluding steroid dienone is 1. The first-order valence-corrected chi connectivity index (χ1v) is 5.17. The van der Waals surface area contributed by atoms with Crippen LogP contribution in [0.25, 0.3) is 5.57 Å². The summed E-state index contributed by atoms with van der Waals surface area (Å²) in [6.45, 7) is 5.57. The molecule has 0 radical (unpaired) electrons. The summed E-state index contributed by atoms with van der Waals surface area (Å²) in [4.78, 5) is 15.7. The second kappa shape index (κ2) is 3.93. The monoisotopic (exact) mass is 215 g/mol. The minimum atomic E-state index is -0.199. The predicted molar refractivity (Wildman–Crippen MR) is 61.3 cm³/mol. The second-order valence-corrected chi connectivity index (χ2v) is 3.91. The summed E-state index contributed by atoms with van der Waals surface area (Å²) in [7, 11) is 0. The smallest absolute Gasteiger partial charge is 0.253 e. The van der Waals surface area contributed by atoms with Gasteiger partial charge in [-0.1, -0.05) is 11.6 Å². The number of amides is 1. The molecule has 1 heterocycles. The van der Waals surface area contributed by atoms with Crippen LogP contribution in [0, 0.1) is 5.92 Å². The van der Waals surface area contributed by atoms with Gasteiger partial charge in [-0.25, -0.2) is 4.99 Å². The van der Waals surface area contributed by atoms with Gasteiger partial charge in [-0.15, -0.1) is 6.58 Å². The second-order valence-electron chi connectivity index (χ2n) is 3.91. The van der Waals surface area contributed by atoms with Gasteiger partial charge in [-0.05, 0) is 25.5 Å². The molecule has 0 fully saturated rings. The van der Waals surface area contributed by atoms with Crippen molar-refractivity contribution in [2.24, 2.45) is 10.9 Å². The van der Waals surface area contributed by atoms with E-state index < -0.39 is 0 Å². The molecule has 0 saturated heterocycles. The lowest BCUT2D eigenvalue weighted by atomic mass is 9.92. The third-order valence-electron chi connectivity index (χ3n) is 2.86. The summed E-state index contributed by atoms with van der Waals surface area (Å²) in [6.07, 6.45) is 2.33. The molecule has 1 N–H and O–H groups in total. The molecule has 1 amide bonds. The molecule has 0 saturated carbocycles. The van der Waals surface area contributed by atoms with Crippen molar-refractivity contribution in [3.8, 4) is 5.75 Å². The summed E-state index contributed by atoms with van der Waals surface area (Å²) in [5.74, 6) is -0.227. The number of fused-ring (bicyclic) bond motifs is 1. The molecule has 1 aromatic carbocycles. The summed E-state index contributed by atoms with van der Waals surface area (Å²) in [5.41, 5.74) is 0.995. The van der Waals surface area contributed by atoms with E-state index in [0.29, 0.717) is 11.8 Å². The Morgan fingerprint density at radius 3 is 3.00 bits per heavy atom. The molecule has 2 rings (SSSR count). The molecule has 82 valence electrons. The average Bonchev–Trinajstić information content (AvgIpc) is 2.23. The van der Waals surface area contributed by atoms with Crippen LogP contribution in [0.4, 0.5) is 0 Å². The Hall–Kier alpha value is -1.90. The lowest BCUT2D eigenvalue weighted by molar-refractivity contribution is -0.120. The maximum atomic E-state index is 11.8. The molecule has 16 heavy (non-hydrogen) atoms. The van der Waals surface area contributed by atoms with Crippen LogP contribution in [0.5, 0.6) is 5.75 Å². The van der Waals surface area contributed by atoms with Gasteiger partial charge >= 0.3 is 0 Å². The first-order valence-electron chi connectivity index (χ1n) is 5.17. The Kier molecular flexibility index (Phi) is 2.60. The van der Waals surface area contributed by atoms with Crippen LogP contribution in [0.1, 0.15) is 13.3 Å². The van der Waals surface area contributed by atoms with Gasteiger partial charge in [-0.3, -0.25) is 4.79 Å². The van der Waals surface area contributed by atoms with Gasteiger partial charge in [0, 0.05) is 11.3 Å². The normalized spacial score (nSPS) is 18.9. The number of phenolic OH excluding ortho intramolecular Hbond substituents is 1. The fourth-order valence-corrected chi connectivity index (χ4v) is 1.96. The van der Waals surface area contributed by atoms with Crippen molar-refractivity contribution in [2.75, 3.05) is 0 Å². The molecular weight excluding hydrogens is 202 g/mol. The zero-order valence-corrected chi connectivity index (χ0v) is 9.10. The first kappa shape index (κ1) is 10.6. The molecule has 1 unspecified atom stereocenters. The maximum absolute atomic E-state index is 11.8. The number of aromatic hydroxyl groups is 1. The minimum absolute atomic E-state index is 0.130. The molecule has 1 aromatic rings. The highest BCUT2D eigenvalue weighted by Gasteiger charge is 2.22. The lowest BCUT2D eigenvalue weighted by Crippen LogP contribution is -2.36. The summed E-state index contributed by atoms with van der Waals surface area (Å²) >= 11 is 0. The van der Waals surface area contributed by atoms with Gasteiger partial charge in [0.2, 0.25) is 0 Å². The number of hydrogen-bond donors (Lipinski definition) is 1. The third-order valence-corrected chi connectivity index (χ3v) is 2.86. The fourth-order valence-electron chi connectivity index (χ4n) is 1.96. The van der Waals surface area contributed by atoms with Crippen molar-refractivity contribution in [2.45, 2.75) is 13.3 Å². The van der Waals surface area contributed by atoms with Gasteiger partial charge in [0.25, 0.3) is 5.91 Å². The van der Waals surface area contributed by atoms with E-state index in [4.69, 9.17) is 0 Å². The van der Waals surface area contributed by atoms with Crippen molar-refractivity contribution >= 4 is 11.5 Å². The summed E-state index contributed by atoms with van der Waals surface area (Å²) in [5, 5.41) is 10.8. The van der Waals surface area contributed by atoms with E-state index in [9.17, 15) is 9.90 Å². The van der Waals surface area contributed by atoms with E-state index >= 15 is 0 Å². The molecule has 0 bridgehead atoms. The van der Waals surface area contributed by atoms with E-state index in [-0.39, 0.29) is 17.6 Å². The Bertz CT molecular complexity index is 572. The topological polar surface area (TPSA) is 49.7 Å². The van der Waals surface area contributed by atoms with Crippen LogP contribution in [-0.2, 0) is 4.79 Å². The number of hydrogen-bond acceptors (Lipinski definition) is 2. The summed E-state index contributed by atoms with van der Waals surface area (Å²) in [6, 6.07) is 4.92. The van der Waals surface area contributed by atoms with Crippen LogP contribution in [0.2, 0.25) is 0 Å². The van der Waals surface area contributed by atoms with Crippen LogP contribution < -0.4 is 10.6 Å². The largest absolute Gasteiger partial charge is 0.508 e. The molecule has 3 heteroatoms. The minimum Gasteiger partial charge on any atom is -0.508 e. The van der Waals surface area contributed by atoms with E-state index in [2.05, 4.69) is 11.6 Å². The van der Waals surface area contributed by atoms with Crippen LogP contribution in [-0.4, -0.2) is 11.0 Å². The number of phenols is 1. The zero-order chi connectivity index (χ0) is 11.7. The van der Waals surface area contributed by atoms with E-state index in [0.717, 1.165) is 10.8 Å². The Balaban J connectivity index is 2.70. The van der Waals surface area contributed by atoms with Gasteiger partial charge in [0.1, 0.15) is 5.75 Å². The highest BCUT2D eigenvalue weighted by atomic mass is 16.3. The molecule has 1 aliphatic heterocycles. The molecular formula is C13H13NO2. The molecule has 0 aromatic heterocycles. The number of benzene rings is 1. The number of rotatable bonds is 2. The summed E-state index contributed by atoms with van der Waals surface area (Å²) < 4.78 is 0. The van der Waals surface area contributed by atoms with E-state index in [1.54, 1.807) is 18.2 Å². The average molecular weight is 215 g/mol. The molecule has 1 atom stereocenters. The fraction of sp³-hybridized carbons (Fsp3) is 0.231. The Morgan fingerprint density at radius 1 is 1.56 bits per heavy atom. The van der Waals surface area contributed by atoms with Gasteiger partial charge in [0.05, 0.1) is 11.3 Å². The molecule has 1 aliphatic rings. The van der Waals surface area contributed by atoms with Crippen molar-refractivity contribution in [3.63, 3.8) is 0 Å². The highest BCUT2D eigenvalue weighted by molar-refractivity contribution is 5.89. The highest BCUT2D eigenvalue weighted by Crippen LogP contribution is 2.18. The predicted octanol–water partition coefficient (Wildman–Crippen LogP) is 0.915. The quantitative estimate of drug-likeness (QED) is 0.746. The zero-order valence-electron chi connectivity index (χ0n) is 9.10. The van der Waals surface area contributed by atoms with Crippen LogP contribution in [0.3, 0.4) is 0 Å². The van der Waals surface area contributed by atoms with Crippen LogP contribution >= 0.6 is 0 Å². The third kappa shape index (κ3) is 1.65. The van der Waals surface area contributed by atoms with Gasteiger partial charge in [0.15, 0.2) is 0 Å². The van der Waals surface area contributed by atoms with Gasteiger partial charge < -0.3 is 5.11 Å². The molecule has 3 nitrogen and oxygen atoms in total. The van der Waals surface area contributed by atoms with Gasteiger partial charge in [-0.2, -0.15) is 0 Å². The van der Waals surface area contributed by atoms with Crippen molar-refractivity contribution in [1.29, 1.82) is 0 Å². The first-order chi connectivity index (χ1) is 7.63. The molecule has 0 aliphatic carbocycles. The van der Waals surface area contributed by atoms with E-state index in [1.807, 2.05) is 6.92 Å². The number of carbonyl (C=O) groups excluding carboxylic acids is 1. The Labute approximate surface area is 93.5 Å².